The van der Waals surface area contributed by atoms with Gasteiger partial charge in [-0.2, -0.15) is 0 Å². The fourth-order valence-electron chi connectivity index (χ4n) is 1.62. The first-order valence-electron chi connectivity index (χ1n) is 5.67. The zero-order valence-corrected chi connectivity index (χ0v) is 10.1. The standard InChI is InChI=1S/C13H18O4/c1-3-17-12-6-4-10(8-9(12)2)11(14)5-7-13(15)16/h4,6,8,11,14H,3,5,7H2,1-2H3,(H,15,16). The Hall–Kier alpha value is -1.55. The highest BCUT2D eigenvalue weighted by Crippen LogP contribution is 2.25. The molecule has 4 heteroatoms. The number of hydrogen-bond donors (Lipinski definition) is 2. The molecule has 0 bridgehead atoms. The average Bonchev–Trinajstić information content (AvgIpc) is 2.28. The molecule has 94 valence electrons. The van der Waals surface area contributed by atoms with Crippen LogP contribution in [0.15, 0.2) is 18.2 Å². The van der Waals surface area contributed by atoms with Gasteiger partial charge in [-0.3, -0.25) is 4.79 Å². The molecule has 0 amide bonds. The van der Waals surface area contributed by atoms with E-state index in [1.54, 1.807) is 12.1 Å². The lowest BCUT2D eigenvalue weighted by molar-refractivity contribution is -0.137. The molecular formula is C13H18O4. The fraction of sp³-hybridized carbons (Fsp3) is 0.462. The largest absolute Gasteiger partial charge is 0.494 e. The number of hydrogen-bond acceptors (Lipinski definition) is 3. The van der Waals surface area contributed by atoms with E-state index < -0.39 is 12.1 Å². The number of rotatable bonds is 6. The van der Waals surface area contributed by atoms with E-state index in [4.69, 9.17) is 9.84 Å². The number of carboxylic acid groups (broad SMARTS) is 1. The normalized spacial score (nSPS) is 12.2. The van der Waals surface area contributed by atoms with E-state index >= 15 is 0 Å². The second-order valence-corrected chi connectivity index (χ2v) is 3.91. The van der Waals surface area contributed by atoms with Gasteiger partial charge >= 0.3 is 5.97 Å². The summed E-state index contributed by atoms with van der Waals surface area (Å²) in [5.41, 5.74) is 1.67. The van der Waals surface area contributed by atoms with Crippen molar-refractivity contribution >= 4 is 5.97 Å². The molecule has 0 aliphatic heterocycles. The number of aryl methyl sites for hydroxylation is 1. The number of aliphatic carboxylic acids is 1. The van der Waals surface area contributed by atoms with Gasteiger partial charge in [0.25, 0.3) is 0 Å². The third-order valence-corrected chi connectivity index (χ3v) is 2.52. The summed E-state index contributed by atoms with van der Waals surface area (Å²) >= 11 is 0. The van der Waals surface area contributed by atoms with Gasteiger partial charge in [0.15, 0.2) is 0 Å². The lowest BCUT2D eigenvalue weighted by atomic mass is 10.0. The maximum absolute atomic E-state index is 10.4. The van der Waals surface area contributed by atoms with Crippen LogP contribution < -0.4 is 4.74 Å². The lowest BCUT2D eigenvalue weighted by Crippen LogP contribution is -2.03. The first kappa shape index (κ1) is 13.5. The highest BCUT2D eigenvalue weighted by molar-refractivity contribution is 5.66. The molecule has 0 aliphatic rings. The quantitative estimate of drug-likeness (QED) is 0.798. The molecule has 0 aromatic heterocycles. The lowest BCUT2D eigenvalue weighted by Gasteiger charge is -2.13. The molecule has 17 heavy (non-hydrogen) atoms. The third-order valence-electron chi connectivity index (χ3n) is 2.52. The maximum atomic E-state index is 10.4. The second-order valence-electron chi connectivity index (χ2n) is 3.91. The van der Waals surface area contributed by atoms with Crippen molar-refractivity contribution in [2.75, 3.05) is 6.61 Å². The maximum Gasteiger partial charge on any atom is 0.303 e. The Labute approximate surface area is 101 Å². The van der Waals surface area contributed by atoms with E-state index in [2.05, 4.69) is 0 Å². The van der Waals surface area contributed by atoms with Gasteiger partial charge in [0, 0.05) is 6.42 Å². The molecule has 0 heterocycles. The highest BCUT2D eigenvalue weighted by Gasteiger charge is 2.11. The number of aliphatic hydroxyl groups is 1. The monoisotopic (exact) mass is 238 g/mol. The van der Waals surface area contributed by atoms with Crippen molar-refractivity contribution in [1.82, 2.24) is 0 Å². The van der Waals surface area contributed by atoms with Crippen LogP contribution in [0.4, 0.5) is 0 Å². The Morgan fingerprint density at radius 3 is 2.71 bits per heavy atom. The van der Waals surface area contributed by atoms with Crippen molar-refractivity contribution in [1.29, 1.82) is 0 Å². The molecule has 0 saturated heterocycles. The summed E-state index contributed by atoms with van der Waals surface area (Å²) in [6.07, 6.45) is -0.545. The molecule has 4 nitrogen and oxygen atoms in total. The van der Waals surface area contributed by atoms with Crippen molar-refractivity contribution in [2.24, 2.45) is 0 Å². The predicted octanol–water partition coefficient (Wildman–Crippen LogP) is 2.29. The third kappa shape index (κ3) is 4.07. The van der Waals surface area contributed by atoms with E-state index in [0.717, 1.165) is 16.9 Å². The first-order valence-corrected chi connectivity index (χ1v) is 5.67. The van der Waals surface area contributed by atoms with Gasteiger partial charge in [-0.05, 0) is 43.5 Å². The van der Waals surface area contributed by atoms with Crippen LogP contribution >= 0.6 is 0 Å². The van der Waals surface area contributed by atoms with Gasteiger partial charge in [0.05, 0.1) is 12.7 Å². The molecule has 1 unspecified atom stereocenters. The molecule has 0 fully saturated rings. The average molecular weight is 238 g/mol. The van der Waals surface area contributed by atoms with Crippen LogP contribution in [-0.2, 0) is 4.79 Å². The van der Waals surface area contributed by atoms with E-state index in [1.807, 2.05) is 19.9 Å². The van der Waals surface area contributed by atoms with Crippen molar-refractivity contribution in [2.45, 2.75) is 32.8 Å². The number of aliphatic hydroxyl groups excluding tert-OH is 1. The van der Waals surface area contributed by atoms with Crippen LogP contribution in [0.3, 0.4) is 0 Å². The Balaban J connectivity index is 2.71. The topological polar surface area (TPSA) is 66.8 Å². The van der Waals surface area contributed by atoms with Gasteiger partial charge in [0.2, 0.25) is 0 Å². The van der Waals surface area contributed by atoms with Gasteiger partial charge in [-0.1, -0.05) is 6.07 Å². The smallest absolute Gasteiger partial charge is 0.303 e. The number of carbonyl (C=O) groups is 1. The zero-order chi connectivity index (χ0) is 12.8. The van der Waals surface area contributed by atoms with Crippen LogP contribution in [0, 0.1) is 6.92 Å². The second kappa shape index (κ2) is 6.25. The Morgan fingerprint density at radius 1 is 1.47 bits per heavy atom. The molecule has 1 aromatic rings. The highest BCUT2D eigenvalue weighted by atomic mass is 16.5. The van der Waals surface area contributed by atoms with Crippen molar-refractivity contribution in [3.63, 3.8) is 0 Å². The van der Waals surface area contributed by atoms with Crippen LogP contribution in [-0.4, -0.2) is 22.8 Å². The van der Waals surface area contributed by atoms with Gasteiger partial charge in [-0.15, -0.1) is 0 Å². The minimum Gasteiger partial charge on any atom is -0.494 e. The fourth-order valence-corrected chi connectivity index (χ4v) is 1.62. The molecule has 0 spiro atoms. The summed E-state index contributed by atoms with van der Waals surface area (Å²) in [4.78, 5) is 10.4. The summed E-state index contributed by atoms with van der Waals surface area (Å²) in [5.74, 6) is -0.103. The molecule has 0 aliphatic carbocycles. The molecule has 0 radical (unpaired) electrons. The summed E-state index contributed by atoms with van der Waals surface area (Å²) < 4.78 is 5.39. The van der Waals surface area contributed by atoms with Crippen LogP contribution in [0.1, 0.15) is 37.0 Å². The number of benzene rings is 1. The zero-order valence-electron chi connectivity index (χ0n) is 10.1. The van der Waals surface area contributed by atoms with E-state index in [0.29, 0.717) is 6.61 Å². The molecule has 0 saturated carbocycles. The van der Waals surface area contributed by atoms with Crippen molar-refractivity contribution in [3.05, 3.63) is 29.3 Å². The predicted molar refractivity (Wildman–Crippen MR) is 64.2 cm³/mol. The molecule has 1 atom stereocenters. The Bertz CT molecular complexity index is 387. The van der Waals surface area contributed by atoms with Crippen molar-refractivity contribution in [3.8, 4) is 5.75 Å². The Morgan fingerprint density at radius 2 is 2.18 bits per heavy atom. The molecular weight excluding hydrogens is 220 g/mol. The van der Waals surface area contributed by atoms with Gasteiger partial charge < -0.3 is 14.9 Å². The number of ether oxygens (including phenoxy) is 1. The van der Waals surface area contributed by atoms with Crippen LogP contribution in [0.5, 0.6) is 5.75 Å². The van der Waals surface area contributed by atoms with Crippen molar-refractivity contribution < 1.29 is 19.7 Å². The summed E-state index contributed by atoms with van der Waals surface area (Å²) in [5, 5.41) is 18.4. The van der Waals surface area contributed by atoms with Crippen LogP contribution in [0.25, 0.3) is 0 Å². The van der Waals surface area contributed by atoms with Gasteiger partial charge in [0.1, 0.15) is 5.75 Å². The molecule has 2 N–H and O–H groups in total. The molecule has 1 rings (SSSR count). The summed E-state index contributed by atoms with van der Waals surface area (Å²) in [6, 6.07) is 5.40. The number of carboxylic acids is 1. The minimum atomic E-state index is -0.897. The SMILES string of the molecule is CCOc1ccc(C(O)CCC(=O)O)cc1C. The van der Waals surface area contributed by atoms with E-state index in [1.165, 1.54) is 0 Å². The van der Waals surface area contributed by atoms with Gasteiger partial charge in [-0.25, -0.2) is 0 Å². The summed E-state index contributed by atoms with van der Waals surface area (Å²) in [7, 11) is 0. The minimum absolute atomic E-state index is 0.0343. The molecule has 1 aromatic carbocycles. The Kier molecular flexibility index (Phi) is 4.97. The first-order chi connectivity index (χ1) is 8.04. The van der Waals surface area contributed by atoms with Crippen LogP contribution in [0.2, 0.25) is 0 Å². The van der Waals surface area contributed by atoms with E-state index in [-0.39, 0.29) is 12.8 Å². The summed E-state index contributed by atoms with van der Waals surface area (Å²) in [6.45, 7) is 4.41. The van der Waals surface area contributed by atoms with E-state index in [9.17, 15) is 9.90 Å².